The van der Waals surface area contributed by atoms with E-state index in [1.54, 1.807) is 24.3 Å². The molecule has 2 aromatic rings. The lowest BCUT2D eigenvalue weighted by Crippen LogP contribution is -2.00. The summed E-state index contributed by atoms with van der Waals surface area (Å²) >= 11 is 3.39. The second-order valence-electron chi connectivity index (χ2n) is 4.82. The van der Waals surface area contributed by atoms with Gasteiger partial charge in [0.1, 0.15) is 28.4 Å². The SMILES string of the molecule is N#Cc1ccc(Nc2cc(Br)nc(C3CC3)n2)cc1C#N. The lowest BCUT2D eigenvalue weighted by atomic mass is 10.1. The van der Waals surface area contributed by atoms with E-state index in [1.165, 1.54) is 0 Å². The summed E-state index contributed by atoms with van der Waals surface area (Å²) in [6.07, 6.45) is 2.26. The molecular formula is C15H10BrN5. The van der Waals surface area contributed by atoms with Gasteiger partial charge in [-0.05, 0) is 47.0 Å². The quantitative estimate of drug-likeness (QED) is 0.863. The zero-order valence-electron chi connectivity index (χ0n) is 11.0. The standard InChI is InChI=1S/C15H10BrN5/c16-13-6-14(21-15(20-13)9-1-2-9)19-12-4-3-10(7-17)11(5-12)8-18/h3-6,9H,1-2H2,(H,19,20,21). The Bertz CT molecular complexity index is 784. The van der Waals surface area contributed by atoms with E-state index in [-0.39, 0.29) is 0 Å². The second-order valence-corrected chi connectivity index (χ2v) is 5.63. The Balaban J connectivity index is 1.90. The molecular weight excluding hydrogens is 330 g/mol. The maximum absolute atomic E-state index is 9.05. The average molecular weight is 340 g/mol. The largest absolute Gasteiger partial charge is 0.340 e. The van der Waals surface area contributed by atoms with Crippen molar-refractivity contribution in [2.45, 2.75) is 18.8 Å². The van der Waals surface area contributed by atoms with Crippen molar-refractivity contribution in [3.63, 3.8) is 0 Å². The molecule has 102 valence electrons. The molecule has 1 aromatic heterocycles. The zero-order chi connectivity index (χ0) is 14.8. The summed E-state index contributed by atoms with van der Waals surface area (Å²) in [6, 6.07) is 10.8. The van der Waals surface area contributed by atoms with Crippen LogP contribution >= 0.6 is 15.9 Å². The second kappa shape index (κ2) is 5.51. The molecule has 5 nitrogen and oxygen atoms in total. The van der Waals surface area contributed by atoms with Crippen LogP contribution in [0.2, 0.25) is 0 Å². The normalized spacial score (nSPS) is 13.3. The third-order valence-corrected chi connectivity index (χ3v) is 3.59. The molecule has 0 unspecified atom stereocenters. The van der Waals surface area contributed by atoms with Crippen molar-refractivity contribution in [3.8, 4) is 12.1 Å². The number of rotatable bonds is 3. The first-order valence-corrected chi connectivity index (χ1v) is 7.24. The molecule has 1 aromatic carbocycles. The predicted molar refractivity (Wildman–Crippen MR) is 80.9 cm³/mol. The Labute approximate surface area is 130 Å². The first kappa shape index (κ1) is 13.5. The topological polar surface area (TPSA) is 85.4 Å². The van der Waals surface area contributed by atoms with E-state index in [1.807, 2.05) is 12.1 Å². The fourth-order valence-corrected chi connectivity index (χ4v) is 2.38. The van der Waals surface area contributed by atoms with Crippen LogP contribution in [0.1, 0.15) is 35.7 Å². The van der Waals surface area contributed by atoms with Gasteiger partial charge in [-0.25, -0.2) is 9.97 Å². The van der Waals surface area contributed by atoms with Gasteiger partial charge in [0, 0.05) is 17.7 Å². The van der Waals surface area contributed by atoms with Crippen LogP contribution < -0.4 is 5.32 Å². The van der Waals surface area contributed by atoms with Gasteiger partial charge in [-0.3, -0.25) is 0 Å². The van der Waals surface area contributed by atoms with Gasteiger partial charge in [0.2, 0.25) is 0 Å². The average Bonchev–Trinajstić information content (AvgIpc) is 3.31. The Morgan fingerprint density at radius 1 is 1.10 bits per heavy atom. The number of aromatic nitrogens is 2. The highest BCUT2D eigenvalue weighted by molar-refractivity contribution is 9.10. The van der Waals surface area contributed by atoms with Gasteiger partial charge < -0.3 is 5.32 Å². The minimum absolute atomic E-state index is 0.345. The summed E-state index contributed by atoms with van der Waals surface area (Å²) in [6.45, 7) is 0. The molecule has 0 amide bonds. The molecule has 6 heteroatoms. The highest BCUT2D eigenvalue weighted by Crippen LogP contribution is 2.39. The van der Waals surface area contributed by atoms with Crippen LogP contribution in [0.25, 0.3) is 0 Å². The molecule has 1 fully saturated rings. The van der Waals surface area contributed by atoms with Gasteiger partial charge in [-0.2, -0.15) is 10.5 Å². The van der Waals surface area contributed by atoms with Crippen molar-refractivity contribution in [1.29, 1.82) is 10.5 Å². The Morgan fingerprint density at radius 2 is 1.86 bits per heavy atom. The minimum Gasteiger partial charge on any atom is -0.340 e. The van der Waals surface area contributed by atoms with E-state index in [4.69, 9.17) is 10.5 Å². The van der Waals surface area contributed by atoms with Crippen molar-refractivity contribution in [3.05, 3.63) is 45.8 Å². The molecule has 1 aliphatic rings. The fraction of sp³-hybridized carbons (Fsp3) is 0.200. The highest BCUT2D eigenvalue weighted by Gasteiger charge is 2.27. The van der Waals surface area contributed by atoms with Gasteiger partial charge >= 0.3 is 0 Å². The number of hydrogen-bond donors (Lipinski definition) is 1. The first-order chi connectivity index (χ1) is 10.2. The summed E-state index contributed by atoms with van der Waals surface area (Å²) < 4.78 is 0.732. The summed E-state index contributed by atoms with van der Waals surface area (Å²) in [7, 11) is 0. The van der Waals surface area contributed by atoms with Gasteiger partial charge in [-0.15, -0.1) is 0 Å². The molecule has 3 rings (SSSR count). The molecule has 1 saturated carbocycles. The predicted octanol–water partition coefficient (Wildman–Crippen LogP) is 3.60. The van der Waals surface area contributed by atoms with E-state index in [0.717, 1.165) is 29.0 Å². The number of halogens is 1. The lowest BCUT2D eigenvalue weighted by Gasteiger charge is -2.08. The van der Waals surface area contributed by atoms with E-state index in [2.05, 4.69) is 31.2 Å². The number of nitriles is 2. The Morgan fingerprint density at radius 3 is 2.52 bits per heavy atom. The van der Waals surface area contributed by atoms with Crippen LogP contribution in [-0.4, -0.2) is 9.97 Å². The summed E-state index contributed by atoms with van der Waals surface area (Å²) in [5, 5.41) is 21.1. The van der Waals surface area contributed by atoms with Crippen molar-refractivity contribution in [2.24, 2.45) is 0 Å². The van der Waals surface area contributed by atoms with Crippen LogP contribution in [-0.2, 0) is 0 Å². The molecule has 0 saturated heterocycles. The minimum atomic E-state index is 0.345. The number of hydrogen-bond acceptors (Lipinski definition) is 5. The molecule has 0 bridgehead atoms. The third kappa shape index (κ3) is 3.01. The molecule has 0 aliphatic heterocycles. The third-order valence-electron chi connectivity index (χ3n) is 3.19. The van der Waals surface area contributed by atoms with Crippen molar-refractivity contribution in [2.75, 3.05) is 5.32 Å². The van der Waals surface area contributed by atoms with Gasteiger partial charge in [0.25, 0.3) is 0 Å². The van der Waals surface area contributed by atoms with Gasteiger partial charge in [-0.1, -0.05) is 0 Å². The molecule has 21 heavy (non-hydrogen) atoms. The smallest absolute Gasteiger partial charge is 0.135 e. The summed E-state index contributed by atoms with van der Waals surface area (Å²) in [5.41, 5.74) is 1.43. The Hall–Kier alpha value is -2.44. The van der Waals surface area contributed by atoms with Crippen LogP contribution in [0.15, 0.2) is 28.9 Å². The maximum atomic E-state index is 9.05. The molecule has 1 heterocycles. The number of nitrogens with one attached hydrogen (secondary N) is 1. The van der Waals surface area contributed by atoms with Crippen LogP contribution in [0, 0.1) is 22.7 Å². The molecule has 1 N–H and O–H groups in total. The maximum Gasteiger partial charge on any atom is 0.135 e. The van der Waals surface area contributed by atoms with E-state index in [9.17, 15) is 0 Å². The molecule has 0 spiro atoms. The van der Waals surface area contributed by atoms with E-state index in [0.29, 0.717) is 22.9 Å². The van der Waals surface area contributed by atoms with E-state index >= 15 is 0 Å². The molecule has 0 atom stereocenters. The zero-order valence-corrected chi connectivity index (χ0v) is 12.6. The summed E-state index contributed by atoms with van der Waals surface area (Å²) in [5.74, 6) is 1.96. The van der Waals surface area contributed by atoms with E-state index < -0.39 is 0 Å². The molecule has 0 radical (unpaired) electrons. The Kier molecular flexibility index (Phi) is 3.55. The first-order valence-electron chi connectivity index (χ1n) is 6.45. The number of benzene rings is 1. The fourth-order valence-electron chi connectivity index (χ4n) is 1.98. The van der Waals surface area contributed by atoms with Crippen LogP contribution in [0.3, 0.4) is 0 Å². The van der Waals surface area contributed by atoms with Crippen molar-refractivity contribution in [1.82, 2.24) is 9.97 Å². The summed E-state index contributed by atoms with van der Waals surface area (Å²) in [4.78, 5) is 8.86. The van der Waals surface area contributed by atoms with Crippen molar-refractivity contribution >= 4 is 27.4 Å². The van der Waals surface area contributed by atoms with Gasteiger partial charge in [0.15, 0.2) is 0 Å². The molecule has 1 aliphatic carbocycles. The monoisotopic (exact) mass is 339 g/mol. The van der Waals surface area contributed by atoms with Crippen LogP contribution in [0.5, 0.6) is 0 Å². The lowest BCUT2D eigenvalue weighted by molar-refractivity contribution is 0.919. The number of anilines is 2. The van der Waals surface area contributed by atoms with Crippen molar-refractivity contribution < 1.29 is 0 Å². The van der Waals surface area contributed by atoms with Gasteiger partial charge in [0.05, 0.1) is 11.1 Å². The highest BCUT2D eigenvalue weighted by atomic mass is 79.9. The van der Waals surface area contributed by atoms with Crippen LogP contribution in [0.4, 0.5) is 11.5 Å². The number of nitrogens with zero attached hydrogens (tertiary/aromatic N) is 4.